The van der Waals surface area contributed by atoms with Gasteiger partial charge in [0.2, 0.25) is 0 Å². The molecule has 17 heavy (non-hydrogen) atoms. The number of hydrogen-bond donors (Lipinski definition) is 2. The molecule has 0 bridgehead atoms. The minimum atomic E-state index is -3.58. The molecule has 8 heteroatoms. The molecule has 2 aromatic heterocycles. The predicted octanol–water partition coefficient (Wildman–Crippen LogP) is 1.79. The largest absolute Gasteiger partial charge is 0.284 e. The average Bonchev–Trinajstić information content (AvgIpc) is 2.85. The Hall–Kier alpha value is -1.41. The van der Waals surface area contributed by atoms with Crippen LogP contribution >= 0.6 is 11.3 Å². The molecule has 2 N–H and O–H groups in total. The molecule has 2 heterocycles. The zero-order valence-corrected chi connectivity index (χ0v) is 11.0. The summed E-state index contributed by atoms with van der Waals surface area (Å²) in [6, 6.07) is 0. The van der Waals surface area contributed by atoms with Crippen LogP contribution in [-0.2, 0) is 10.0 Å². The maximum atomic E-state index is 11.8. The Labute approximate surface area is 103 Å². The van der Waals surface area contributed by atoms with Crippen molar-refractivity contribution in [2.75, 3.05) is 4.72 Å². The van der Waals surface area contributed by atoms with E-state index in [1.54, 1.807) is 0 Å². The molecule has 0 aliphatic heterocycles. The van der Waals surface area contributed by atoms with E-state index in [2.05, 4.69) is 19.9 Å². The molecule has 0 saturated carbocycles. The second-order valence-corrected chi connectivity index (χ2v) is 6.31. The number of aromatic amines is 1. The fourth-order valence-electron chi connectivity index (χ4n) is 1.16. The zero-order chi connectivity index (χ0) is 12.5. The van der Waals surface area contributed by atoms with Gasteiger partial charge in [0, 0.05) is 11.6 Å². The SMILES string of the molecule is CC(C)c1csc(NS(=O)(=O)c2cn[nH]c2)n1. The van der Waals surface area contributed by atoms with Crippen molar-refractivity contribution in [2.45, 2.75) is 24.7 Å². The summed E-state index contributed by atoms with van der Waals surface area (Å²) in [5, 5.41) is 8.28. The lowest BCUT2D eigenvalue weighted by Crippen LogP contribution is -2.12. The smallest absolute Gasteiger partial charge is 0.266 e. The van der Waals surface area contributed by atoms with Crippen LogP contribution in [0.3, 0.4) is 0 Å². The van der Waals surface area contributed by atoms with Crippen molar-refractivity contribution < 1.29 is 8.42 Å². The first-order valence-electron chi connectivity index (χ1n) is 4.96. The summed E-state index contributed by atoms with van der Waals surface area (Å²) in [6.07, 6.45) is 2.57. The fraction of sp³-hybridized carbons (Fsp3) is 0.333. The number of anilines is 1. The van der Waals surface area contributed by atoms with Crippen molar-refractivity contribution in [1.82, 2.24) is 15.2 Å². The highest BCUT2D eigenvalue weighted by Crippen LogP contribution is 2.23. The highest BCUT2D eigenvalue weighted by Gasteiger charge is 2.17. The van der Waals surface area contributed by atoms with Crippen LogP contribution in [0, 0.1) is 0 Å². The Kier molecular flexibility index (Phi) is 3.16. The average molecular weight is 272 g/mol. The minimum Gasteiger partial charge on any atom is -0.284 e. The molecule has 0 aromatic carbocycles. The second kappa shape index (κ2) is 4.46. The van der Waals surface area contributed by atoms with E-state index in [9.17, 15) is 8.42 Å². The van der Waals surface area contributed by atoms with Gasteiger partial charge < -0.3 is 0 Å². The van der Waals surface area contributed by atoms with Crippen molar-refractivity contribution >= 4 is 26.5 Å². The molecular weight excluding hydrogens is 260 g/mol. The molecule has 0 aliphatic carbocycles. The van der Waals surface area contributed by atoms with Crippen LogP contribution in [0.15, 0.2) is 22.7 Å². The standard InChI is InChI=1S/C9H12N4O2S2/c1-6(2)8-5-16-9(12-8)13-17(14,15)7-3-10-11-4-7/h3-6H,1-2H3,(H,10,11)(H,12,13). The van der Waals surface area contributed by atoms with E-state index in [0.29, 0.717) is 5.13 Å². The van der Waals surface area contributed by atoms with E-state index >= 15 is 0 Å². The van der Waals surface area contributed by atoms with Gasteiger partial charge in [0.1, 0.15) is 4.90 Å². The highest BCUT2D eigenvalue weighted by molar-refractivity contribution is 7.93. The maximum absolute atomic E-state index is 11.8. The Balaban J connectivity index is 2.21. The third-order valence-corrected chi connectivity index (χ3v) is 4.33. The normalized spacial score (nSPS) is 11.9. The molecule has 0 atom stereocenters. The number of aromatic nitrogens is 3. The summed E-state index contributed by atoms with van der Waals surface area (Å²) in [5.74, 6) is 0.276. The molecule has 0 fully saturated rings. The van der Waals surface area contributed by atoms with Crippen LogP contribution in [0.5, 0.6) is 0 Å². The number of H-pyrrole nitrogens is 1. The zero-order valence-electron chi connectivity index (χ0n) is 9.34. The summed E-state index contributed by atoms with van der Waals surface area (Å²) in [7, 11) is -3.58. The van der Waals surface area contributed by atoms with Crippen LogP contribution in [0.4, 0.5) is 5.13 Å². The van der Waals surface area contributed by atoms with Crippen molar-refractivity contribution in [1.29, 1.82) is 0 Å². The molecule has 0 amide bonds. The number of sulfonamides is 1. The maximum Gasteiger partial charge on any atom is 0.266 e. The van der Waals surface area contributed by atoms with Crippen LogP contribution in [0.1, 0.15) is 25.5 Å². The fourth-order valence-corrected chi connectivity index (χ4v) is 3.19. The Morgan fingerprint density at radius 2 is 2.24 bits per heavy atom. The first-order chi connectivity index (χ1) is 7.99. The number of nitrogens with one attached hydrogen (secondary N) is 2. The van der Waals surface area contributed by atoms with Crippen molar-refractivity contribution in [2.24, 2.45) is 0 Å². The molecule has 6 nitrogen and oxygen atoms in total. The van der Waals surface area contributed by atoms with Gasteiger partial charge in [-0.25, -0.2) is 13.4 Å². The molecule has 0 aliphatic rings. The van der Waals surface area contributed by atoms with E-state index in [4.69, 9.17) is 0 Å². The van der Waals surface area contributed by atoms with E-state index in [1.165, 1.54) is 23.7 Å². The predicted molar refractivity (Wildman–Crippen MR) is 65.6 cm³/mol. The van der Waals surface area contributed by atoms with Gasteiger partial charge in [-0.2, -0.15) is 5.10 Å². The first-order valence-corrected chi connectivity index (χ1v) is 7.32. The Bertz CT molecular complexity index is 586. The molecule has 0 radical (unpaired) electrons. The summed E-state index contributed by atoms with van der Waals surface area (Å²) < 4.78 is 26.1. The molecule has 0 saturated heterocycles. The Morgan fingerprint density at radius 1 is 1.47 bits per heavy atom. The minimum absolute atomic E-state index is 0.0961. The molecule has 92 valence electrons. The molecule has 2 rings (SSSR count). The molecule has 0 unspecified atom stereocenters. The summed E-state index contributed by atoms with van der Waals surface area (Å²) in [5.41, 5.74) is 0.875. The van der Waals surface area contributed by atoms with Gasteiger partial charge in [-0.15, -0.1) is 11.3 Å². The van der Waals surface area contributed by atoms with Crippen molar-refractivity contribution in [3.63, 3.8) is 0 Å². The van der Waals surface area contributed by atoms with Gasteiger partial charge in [0.05, 0.1) is 11.9 Å². The molecule has 0 spiro atoms. The van der Waals surface area contributed by atoms with E-state index in [1.807, 2.05) is 19.2 Å². The Morgan fingerprint density at radius 3 is 2.76 bits per heavy atom. The number of nitrogens with zero attached hydrogens (tertiary/aromatic N) is 2. The first kappa shape index (κ1) is 12.1. The van der Waals surface area contributed by atoms with Crippen LogP contribution in [-0.4, -0.2) is 23.6 Å². The van der Waals surface area contributed by atoms with Crippen LogP contribution in [0.2, 0.25) is 0 Å². The third-order valence-electron chi connectivity index (χ3n) is 2.12. The lowest BCUT2D eigenvalue weighted by molar-refractivity contribution is 0.601. The van der Waals surface area contributed by atoms with Gasteiger partial charge in [-0.3, -0.25) is 9.82 Å². The summed E-state index contributed by atoms with van der Waals surface area (Å²) in [6.45, 7) is 4.01. The van der Waals surface area contributed by atoms with Gasteiger partial charge in [0.15, 0.2) is 5.13 Å². The van der Waals surface area contributed by atoms with Gasteiger partial charge in [0.25, 0.3) is 10.0 Å². The second-order valence-electron chi connectivity index (χ2n) is 3.77. The van der Waals surface area contributed by atoms with Gasteiger partial charge in [-0.1, -0.05) is 13.8 Å². The number of rotatable bonds is 4. The third kappa shape index (κ3) is 2.64. The number of thiazole rings is 1. The molecule has 2 aromatic rings. The lowest BCUT2D eigenvalue weighted by atomic mass is 10.2. The van der Waals surface area contributed by atoms with Crippen LogP contribution in [0.25, 0.3) is 0 Å². The van der Waals surface area contributed by atoms with Crippen molar-refractivity contribution in [3.05, 3.63) is 23.5 Å². The van der Waals surface area contributed by atoms with Gasteiger partial charge >= 0.3 is 0 Å². The topological polar surface area (TPSA) is 87.7 Å². The quantitative estimate of drug-likeness (QED) is 0.888. The summed E-state index contributed by atoms with van der Waals surface area (Å²) in [4.78, 5) is 4.30. The number of hydrogen-bond acceptors (Lipinski definition) is 5. The van der Waals surface area contributed by atoms with Crippen molar-refractivity contribution in [3.8, 4) is 0 Å². The monoisotopic (exact) mass is 272 g/mol. The highest BCUT2D eigenvalue weighted by atomic mass is 32.2. The van der Waals surface area contributed by atoms with E-state index in [-0.39, 0.29) is 10.8 Å². The molecular formula is C9H12N4O2S2. The van der Waals surface area contributed by atoms with Gasteiger partial charge in [-0.05, 0) is 5.92 Å². The summed E-state index contributed by atoms with van der Waals surface area (Å²) >= 11 is 1.27. The van der Waals surface area contributed by atoms with Crippen LogP contribution < -0.4 is 4.72 Å². The van der Waals surface area contributed by atoms with E-state index < -0.39 is 10.0 Å². The van der Waals surface area contributed by atoms with E-state index in [0.717, 1.165) is 5.69 Å². The lowest BCUT2D eigenvalue weighted by Gasteiger charge is -2.01.